The van der Waals surface area contributed by atoms with Crippen LogP contribution in [0.15, 0.2) is 48.0 Å². The van der Waals surface area contributed by atoms with Crippen molar-refractivity contribution in [1.29, 1.82) is 0 Å². The third kappa shape index (κ3) is 4.14. The minimum atomic E-state index is -0.156. The first-order valence-electron chi connectivity index (χ1n) is 8.95. The standard InChI is InChI=1S/C20H19N7OS/c1-12-10-13(2)27(26-12)18-9-8-17(24-25-18)22-15-4-6-16(7-5-15)23-20(28)19-14(3)21-11-29-19/h4-11H,1-3H3,(H,22,24)(H,23,28). The number of carbonyl (C=O) groups excluding carboxylic acids is 1. The lowest BCUT2D eigenvalue weighted by Gasteiger charge is -2.08. The van der Waals surface area contributed by atoms with Crippen LogP contribution in [0.2, 0.25) is 0 Å². The summed E-state index contributed by atoms with van der Waals surface area (Å²) < 4.78 is 1.76. The van der Waals surface area contributed by atoms with E-state index in [2.05, 4.69) is 30.9 Å². The second-order valence-corrected chi connectivity index (χ2v) is 7.39. The summed E-state index contributed by atoms with van der Waals surface area (Å²) in [7, 11) is 0. The van der Waals surface area contributed by atoms with Crippen molar-refractivity contribution < 1.29 is 4.79 Å². The quantitative estimate of drug-likeness (QED) is 0.520. The van der Waals surface area contributed by atoms with E-state index in [1.807, 2.05) is 63.2 Å². The zero-order valence-electron chi connectivity index (χ0n) is 16.2. The molecule has 0 bridgehead atoms. The Hall–Kier alpha value is -3.59. The Kier molecular flexibility index (Phi) is 5.05. The number of carbonyl (C=O) groups is 1. The Morgan fingerprint density at radius 3 is 2.34 bits per heavy atom. The monoisotopic (exact) mass is 405 g/mol. The number of hydrogen-bond donors (Lipinski definition) is 2. The number of anilines is 3. The molecule has 9 heteroatoms. The number of nitrogens with zero attached hydrogens (tertiary/aromatic N) is 5. The molecule has 0 atom stereocenters. The van der Waals surface area contributed by atoms with Crippen LogP contribution in [0.1, 0.15) is 26.8 Å². The minimum Gasteiger partial charge on any atom is -0.339 e. The number of nitrogens with one attached hydrogen (secondary N) is 2. The van der Waals surface area contributed by atoms with E-state index in [4.69, 9.17) is 0 Å². The van der Waals surface area contributed by atoms with Crippen LogP contribution < -0.4 is 10.6 Å². The van der Waals surface area contributed by atoms with Crippen LogP contribution in [-0.4, -0.2) is 30.9 Å². The molecule has 3 heterocycles. The number of thiazole rings is 1. The van der Waals surface area contributed by atoms with E-state index in [1.165, 1.54) is 11.3 Å². The normalized spacial score (nSPS) is 10.7. The van der Waals surface area contributed by atoms with Gasteiger partial charge in [-0.05, 0) is 63.2 Å². The summed E-state index contributed by atoms with van der Waals surface area (Å²) in [6.45, 7) is 5.74. The van der Waals surface area contributed by atoms with Gasteiger partial charge in [-0.1, -0.05) is 0 Å². The number of rotatable bonds is 5. The Balaban J connectivity index is 1.41. The fourth-order valence-corrected chi connectivity index (χ4v) is 3.56. The maximum Gasteiger partial charge on any atom is 0.267 e. The van der Waals surface area contributed by atoms with Gasteiger partial charge in [0.1, 0.15) is 4.88 Å². The lowest BCUT2D eigenvalue weighted by molar-refractivity contribution is 0.103. The lowest BCUT2D eigenvalue weighted by atomic mass is 10.2. The maximum absolute atomic E-state index is 12.3. The maximum atomic E-state index is 12.3. The van der Waals surface area contributed by atoms with Gasteiger partial charge in [0.05, 0.1) is 16.9 Å². The molecule has 0 aliphatic heterocycles. The molecule has 146 valence electrons. The Bertz CT molecular complexity index is 1150. The highest BCUT2D eigenvalue weighted by Gasteiger charge is 2.12. The van der Waals surface area contributed by atoms with Gasteiger partial charge in [0.2, 0.25) is 0 Å². The van der Waals surface area contributed by atoms with Crippen molar-refractivity contribution >= 4 is 34.4 Å². The van der Waals surface area contributed by atoms with Gasteiger partial charge in [-0.15, -0.1) is 21.5 Å². The molecule has 0 aliphatic carbocycles. The van der Waals surface area contributed by atoms with Gasteiger partial charge in [0.25, 0.3) is 5.91 Å². The van der Waals surface area contributed by atoms with Crippen LogP contribution in [0.25, 0.3) is 5.82 Å². The Morgan fingerprint density at radius 2 is 1.76 bits per heavy atom. The topological polar surface area (TPSA) is 97.6 Å². The predicted molar refractivity (Wildman–Crippen MR) is 113 cm³/mol. The van der Waals surface area contributed by atoms with Crippen LogP contribution in [0, 0.1) is 20.8 Å². The smallest absolute Gasteiger partial charge is 0.267 e. The largest absolute Gasteiger partial charge is 0.339 e. The molecule has 0 saturated carbocycles. The van der Waals surface area contributed by atoms with E-state index >= 15 is 0 Å². The predicted octanol–water partition coefficient (Wildman–Crippen LogP) is 4.04. The summed E-state index contributed by atoms with van der Waals surface area (Å²) in [4.78, 5) is 17.0. The highest BCUT2D eigenvalue weighted by Crippen LogP contribution is 2.20. The molecule has 4 aromatic rings. The van der Waals surface area contributed by atoms with E-state index in [0.29, 0.717) is 22.2 Å². The first-order chi connectivity index (χ1) is 14.0. The average molecular weight is 405 g/mol. The summed E-state index contributed by atoms with van der Waals surface area (Å²) in [5.74, 6) is 1.13. The van der Waals surface area contributed by atoms with Gasteiger partial charge in [-0.3, -0.25) is 4.79 Å². The molecule has 3 aromatic heterocycles. The zero-order chi connectivity index (χ0) is 20.4. The summed E-state index contributed by atoms with van der Waals surface area (Å²) >= 11 is 1.33. The first kappa shape index (κ1) is 18.8. The van der Waals surface area contributed by atoms with Crippen LogP contribution in [0.3, 0.4) is 0 Å². The molecular formula is C20H19N7OS. The second kappa shape index (κ2) is 7.80. The Morgan fingerprint density at radius 1 is 1.00 bits per heavy atom. The SMILES string of the molecule is Cc1cc(C)n(-c2ccc(Nc3ccc(NC(=O)c4scnc4C)cc3)nn2)n1. The average Bonchev–Trinajstić information content (AvgIpc) is 3.28. The molecule has 0 saturated heterocycles. The zero-order valence-corrected chi connectivity index (χ0v) is 17.0. The molecule has 0 unspecified atom stereocenters. The summed E-state index contributed by atoms with van der Waals surface area (Å²) in [5, 5.41) is 18.9. The van der Waals surface area contributed by atoms with Gasteiger partial charge < -0.3 is 10.6 Å². The number of amides is 1. The lowest BCUT2D eigenvalue weighted by Crippen LogP contribution is -2.11. The van der Waals surface area contributed by atoms with Crippen molar-refractivity contribution in [2.75, 3.05) is 10.6 Å². The summed E-state index contributed by atoms with van der Waals surface area (Å²) in [6, 6.07) is 13.1. The van der Waals surface area contributed by atoms with Gasteiger partial charge in [0, 0.05) is 17.1 Å². The highest BCUT2D eigenvalue weighted by atomic mass is 32.1. The molecule has 29 heavy (non-hydrogen) atoms. The molecular weight excluding hydrogens is 386 g/mol. The molecule has 0 spiro atoms. The third-order valence-electron chi connectivity index (χ3n) is 4.24. The van der Waals surface area contributed by atoms with Crippen LogP contribution in [0.4, 0.5) is 17.2 Å². The van der Waals surface area contributed by atoms with Crippen LogP contribution in [0.5, 0.6) is 0 Å². The van der Waals surface area contributed by atoms with E-state index in [-0.39, 0.29) is 5.91 Å². The fraction of sp³-hybridized carbons (Fsp3) is 0.150. The summed E-state index contributed by atoms with van der Waals surface area (Å²) in [6.07, 6.45) is 0. The van der Waals surface area contributed by atoms with E-state index in [0.717, 1.165) is 22.8 Å². The molecule has 1 aromatic carbocycles. The van der Waals surface area contributed by atoms with Crippen molar-refractivity contribution in [3.05, 3.63) is 69.9 Å². The van der Waals surface area contributed by atoms with Crippen molar-refractivity contribution in [3.8, 4) is 5.82 Å². The van der Waals surface area contributed by atoms with Gasteiger partial charge in [-0.2, -0.15) is 5.10 Å². The van der Waals surface area contributed by atoms with E-state index < -0.39 is 0 Å². The molecule has 0 fully saturated rings. The summed E-state index contributed by atoms with van der Waals surface area (Å²) in [5.41, 5.74) is 5.88. The third-order valence-corrected chi connectivity index (χ3v) is 5.17. The van der Waals surface area contributed by atoms with Crippen LogP contribution >= 0.6 is 11.3 Å². The van der Waals surface area contributed by atoms with Crippen molar-refractivity contribution in [1.82, 2.24) is 25.0 Å². The molecule has 2 N–H and O–H groups in total. The minimum absolute atomic E-state index is 0.156. The van der Waals surface area contributed by atoms with Gasteiger partial charge >= 0.3 is 0 Å². The van der Waals surface area contributed by atoms with Gasteiger partial charge in [-0.25, -0.2) is 9.67 Å². The Labute approximate surface area is 171 Å². The van der Waals surface area contributed by atoms with E-state index in [1.54, 1.807) is 10.2 Å². The van der Waals surface area contributed by atoms with E-state index in [9.17, 15) is 4.79 Å². The first-order valence-corrected chi connectivity index (χ1v) is 9.83. The number of aryl methyl sites for hydroxylation is 3. The van der Waals surface area contributed by atoms with Crippen LogP contribution in [-0.2, 0) is 0 Å². The van der Waals surface area contributed by atoms with Crippen molar-refractivity contribution in [2.45, 2.75) is 20.8 Å². The number of benzene rings is 1. The molecule has 0 aliphatic rings. The molecule has 8 nitrogen and oxygen atoms in total. The molecule has 1 amide bonds. The van der Waals surface area contributed by atoms with Crippen molar-refractivity contribution in [2.24, 2.45) is 0 Å². The highest BCUT2D eigenvalue weighted by molar-refractivity contribution is 7.12. The number of aromatic nitrogens is 5. The second-order valence-electron chi connectivity index (χ2n) is 6.54. The van der Waals surface area contributed by atoms with Crippen molar-refractivity contribution in [3.63, 3.8) is 0 Å². The fourth-order valence-electron chi connectivity index (χ4n) is 2.86. The molecule has 4 rings (SSSR count). The number of hydrogen-bond acceptors (Lipinski definition) is 7. The molecule has 0 radical (unpaired) electrons. The van der Waals surface area contributed by atoms with Gasteiger partial charge in [0.15, 0.2) is 11.6 Å².